The van der Waals surface area contributed by atoms with Crippen LogP contribution < -0.4 is 5.56 Å². The molecule has 7 heteroatoms. The van der Waals surface area contributed by atoms with Crippen LogP contribution in [0.25, 0.3) is 10.9 Å². The number of aliphatic hydroxyl groups excluding tert-OH is 1. The molecule has 2 aromatic rings. The molecule has 130 valence electrons. The van der Waals surface area contributed by atoms with E-state index in [9.17, 15) is 18.7 Å². The average molecular weight is 337 g/mol. The summed E-state index contributed by atoms with van der Waals surface area (Å²) in [6.07, 6.45) is 2.76. The van der Waals surface area contributed by atoms with Crippen molar-refractivity contribution < 1.29 is 13.9 Å². The summed E-state index contributed by atoms with van der Waals surface area (Å²) in [6, 6.07) is 1.76. The summed E-state index contributed by atoms with van der Waals surface area (Å²) in [4.78, 5) is 18.5. The SMILES string of the molecule is CC1CCN(CC(O)Cn2cnc3cc(F)c(F)cc3c2=O)CC1. The van der Waals surface area contributed by atoms with E-state index in [2.05, 4.69) is 16.8 Å². The van der Waals surface area contributed by atoms with Crippen molar-refractivity contribution >= 4 is 10.9 Å². The van der Waals surface area contributed by atoms with Crippen LogP contribution in [0.3, 0.4) is 0 Å². The van der Waals surface area contributed by atoms with Crippen molar-refractivity contribution in [1.29, 1.82) is 0 Å². The van der Waals surface area contributed by atoms with Gasteiger partial charge in [-0.15, -0.1) is 0 Å². The first-order chi connectivity index (χ1) is 11.4. The zero-order valence-electron chi connectivity index (χ0n) is 13.6. The monoisotopic (exact) mass is 337 g/mol. The van der Waals surface area contributed by atoms with Gasteiger partial charge < -0.3 is 10.0 Å². The highest BCUT2D eigenvalue weighted by Crippen LogP contribution is 2.16. The highest BCUT2D eigenvalue weighted by atomic mass is 19.2. The van der Waals surface area contributed by atoms with E-state index in [0.717, 1.165) is 38.1 Å². The quantitative estimate of drug-likeness (QED) is 0.924. The van der Waals surface area contributed by atoms with Gasteiger partial charge in [0.15, 0.2) is 11.6 Å². The Hall–Kier alpha value is -1.86. The van der Waals surface area contributed by atoms with Crippen molar-refractivity contribution in [2.45, 2.75) is 32.4 Å². The van der Waals surface area contributed by atoms with E-state index in [1.807, 2.05) is 0 Å². The maximum Gasteiger partial charge on any atom is 0.261 e. The molecule has 1 aromatic carbocycles. The lowest BCUT2D eigenvalue weighted by Crippen LogP contribution is -2.40. The number of β-amino-alcohol motifs (C(OH)–C–C–N with tert-alkyl or cyclic N) is 1. The maximum atomic E-state index is 13.4. The van der Waals surface area contributed by atoms with Crippen LogP contribution in [-0.2, 0) is 6.54 Å². The van der Waals surface area contributed by atoms with Crippen LogP contribution >= 0.6 is 0 Å². The average Bonchev–Trinajstić information content (AvgIpc) is 2.54. The summed E-state index contributed by atoms with van der Waals surface area (Å²) >= 11 is 0. The number of likely N-dealkylation sites (tertiary alicyclic amines) is 1. The molecule has 0 saturated carbocycles. The zero-order chi connectivity index (χ0) is 17.3. The molecule has 1 fully saturated rings. The van der Waals surface area contributed by atoms with Gasteiger partial charge in [0.05, 0.1) is 29.9 Å². The summed E-state index contributed by atoms with van der Waals surface area (Å²) in [6.45, 7) is 4.65. The van der Waals surface area contributed by atoms with E-state index in [1.54, 1.807) is 0 Å². The van der Waals surface area contributed by atoms with E-state index in [0.29, 0.717) is 12.5 Å². The third-order valence-corrected chi connectivity index (χ3v) is 4.62. The standard InChI is InChI=1S/C17H21F2N3O2/c1-11-2-4-21(5-3-11)8-12(23)9-22-10-20-16-7-15(19)14(18)6-13(16)17(22)24/h6-7,10-12,23H,2-5,8-9H2,1H3. The number of aliphatic hydroxyl groups is 1. The third kappa shape index (κ3) is 3.62. The minimum atomic E-state index is -1.08. The van der Waals surface area contributed by atoms with Crippen molar-refractivity contribution in [3.05, 3.63) is 40.4 Å². The van der Waals surface area contributed by atoms with Gasteiger partial charge in [0.25, 0.3) is 5.56 Å². The molecule has 24 heavy (non-hydrogen) atoms. The zero-order valence-corrected chi connectivity index (χ0v) is 13.6. The Morgan fingerprint density at radius 2 is 1.92 bits per heavy atom. The fourth-order valence-corrected chi connectivity index (χ4v) is 3.11. The van der Waals surface area contributed by atoms with Gasteiger partial charge in [0.1, 0.15) is 0 Å². The molecular weight excluding hydrogens is 316 g/mol. The Balaban J connectivity index is 1.74. The number of rotatable bonds is 4. The minimum absolute atomic E-state index is 0.00963. The first kappa shape index (κ1) is 17.0. The largest absolute Gasteiger partial charge is 0.390 e. The Bertz CT molecular complexity index is 785. The summed E-state index contributed by atoms with van der Waals surface area (Å²) < 4.78 is 27.8. The third-order valence-electron chi connectivity index (χ3n) is 4.62. The Kier molecular flexibility index (Phi) is 4.91. The number of hydrogen-bond donors (Lipinski definition) is 1. The number of aromatic nitrogens is 2. The number of hydrogen-bond acceptors (Lipinski definition) is 4. The predicted octanol–water partition coefficient (Wildman–Crippen LogP) is 1.77. The van der Waals surface area contributed by atoms with Gasteiger partial charge >= 0.3 is 0 Å². The smallest absolute Gasteiger partial charge is 0.261 e. The van der Waals surface area contributed by atoms with E-state index < -0.39 is 23.3 Å². The summed E-state index contributed by atoms with van der Waals surface area (Å²) in [5, 5.41) is 10.3. The van der Waals surface area contributed by atoms with Gasteiger partial charge in [-0.3, -0.25) is 9.36 Å². The number of halogens is 2. The lowest BCUT2D eigenvalue weighted by atomic mass is 9.99. The first-order valence-electron chi connectivity index (χ1n) is 8.18. The maximum absolute atomic E-state index is 13.4. The highest BCUT2D eigenvalue weighted by molar-refractivity contribution is 5.77. The molecule has 0 aliphatic carbocycles. The van der Waals surface area contributed by atoms with Gasteiger partial charge in [0.2, 0.25) is 0 Å². The number of fused-ring (bicyclic) bond motifs is 1. The van der Waals surface area contributed by atoms with Crippen LogP contribution in [0.1, 0.15) is 19.8 Å². The molecule has 0 bridgehead atoms. The van der Waals surface area contributed by atoms with Crippen LogP contribution in [0.4, 0.5) is 8.78 Å². The molecular formula is C17H21F2N3O2. The molecule has 2 heterocycles. The fraction of sp³-hybridized carbons (Fsp3) is 0.529. The van der Waals surface area contributed by atoms with E-state index in [-0.39, 0.29) is 17.4 Å². The lowest BCUT2D eigenvalue weighted by Gasteiger charge is -2.31. The van der Waals surface area contributed by atoms with Crippen molar-refractivity contribution in [1.82, 2.24) is 14.5 Å². The molecule has 1 unspecified atom stereocenters. The molecule has 0 radical (unpaired) electrons. The Labute approximate surface area is 138 Å². The summed E-state index contributed by atoms with van der Waals surface area (Å²) in [7, 11) is 0. The summed E-state index contributed by atoms with van der Waals surface area (Å²) in [5.74, 6) is -1.41. The predicted molar refractivity (Wildman–Crippen MR) is 86.8 cm³/mol. The second-order valence-corrected chi connectivity index (χ2v) is 6.62. The molecule has 1 aromatic heterocycles. The molecule has 1 saturated heterocycles. The van der Waals surface area contributed by atoms with Crippen LogP contribution in [0.2, 0.25) is 0 Å². The Morgan fingerprint density at radius 1 is 1.25 bits per heavy atom. The first-order valence-corrected chi connectivity index (χ1v) is 8.18. The molecule has 3 rings (SSSR count). The van der Waals surface area contributed by atoms with Crippen molar-refractivity contribution in [2.75, 3.05) is 19.6 Å². The summed E-state index contributed by atoms with van der Waals surface area (Å²) in [5.41, 5.74) is -0.375. The van der Waals surface area contributed by atoms with E-state index >= 15 is 0 Å². The number of piperidine rings is 1. The van der Waals surface area contributed by atoms with Gasteiger partial charge in [-0.05, 0) is 37.9 Å². The van der Waals surface area contributed by atoms with Gasteiger partial charge in [0, 0.05) is 12.6 Å². The molecule has 1 aliphatic heterocycles. The highest BCUT2D eigenvalue weighted by Gasteiger charge is 2.19. The van der Waals surface area contributed by atoms with Crippen LogP contribution in [0.5, 0.6) is 0 Å². The topological polar surface area (TPSA) is 58.4 Å². The number of benzene rings is 1. The molecule has 0 amide bonds. The van der Waals surface area contributed by atoms with Gasteiger partial charge in [-0.1, -0.05) is 6.92 Å². The van der Waals surface area contributed by atoms with Crippen LogP contribution in [0.15, 0.2) is 23.3 Å². The van der Waals surface area contributed by atoms with Crippen LogP contribution in [-0.4, -0.2) is 45.3 Å². The van der Waals surface area contributed by atoms with Gasteiger partial charge in [-0.25, -0.2) is 13.8 Å². The van der Waals surface area contributed by atoms with Crippen molar-refractivity contribution in [2.24, 2.45) is 5.92 Å². The molecule has 5 nitrogen and oxygen atoms in total. The van der Waals surface area contributed by atoms with E-state index in [1.165, 1.54) is 10.9 Å². The normalized spacial score (nSPS) is 18.2. The van der Waals surface area contributed by atoms with Crippen molar-refractivity contribution in [3.8, 4) is 0 Å². The molecule has 1 aliphatic rings. The second-order valence-electron chi connectivity index (χ2n) is 6.62. The van der Waals surface area contributed by atoms with Crippen LogP contribution in [0, 0.1) is 17.6 Å². The number of nitrogens with zero attached hydrogens (tertiary/aromatic N) is 3. The second kappa shape index (κ2) is 6.94. The molecule has 1 atom stereocenters. The minimum Gasteiger partial charge on any atom is -0.390 e. The molecule has 0 spiro atoms. The fourth-order valence-electron chi connectivity index (χ4n) is 3.11. The lowest BCUT2D eigenvalue weighted by molar-refractivity contribution is 0.0794. The Morgan fingerprint density at radius 3 is 2.62 bits per heavy atom. The van der Waals surface area contributed by atoms with Gasteiger partial charge in [-0.2, -0.15) is 0 Å². The molecule has 1 N–H and O–H groups in total. The van der Waals surface area contributed by atoms with Crippen molar-refractivity contribution in [3.63, 3.8) is 0 Å². The van der Waals surface area contributed by atoms with E-state index in [4.69, 9.17) is 0 Å².